The smallest absolute Gasteiger partial charge is 0.329 e. The first-order valence-corrected chi connectivity index (χ1v) is 10.3. The first kappa shape index (κ1) is 22.2. The maximum atomic E-state index is 14.3. The molecule has 2 aromatic carbocycles. The van der Waals surface area contributed by atoms with Crippen LogP contribution in [0.3, 0.4) is 0 Å². The van der Waals surface area contributed by atoms with Crippen molar-refractivity contribution < 1.29 is 28.5 Å². The second kappa shape index (κ2) is 9.58. The minimum Gasteiger partial charge on any atom is -0.480 e. The van der Waals surface area contributed by atoms with Gasteiger partial charge in [0, 0.05) is 12.7 Å². The predicted molar refractivity (Wildman–Crippen MR) is 111 cm³/mol. The summed E-state index contributed by atoms with van der Waals surface area (Å²) in [6.45, 7) is 4.70. The average molecular weight is 416 g/mol. The number of carboxylic acid groups (broad SMARTS) is 1. The van der Waals surface area contributed by atoms with E-state index in [4.69, 9.17) is 19.3 Å². The molecule has 3 rings (SSSR count). The van der Waals surface area contributed by atoms with Gasteiger partial charge in [0.1, 0.15) is 23.9 Å². The second-order valence-corrected chi connectivity index (χ2v) is 8.16. The van der Waals surface area contributed by atoms with Crippen molar-refractivity contribution in [1.82, 2.24) is 0 Å². The fourth-order valence-corrected chi connectivity index (χ4v) is 3.84. The molecule has 1 N–H and O–H groups in total. The summed E-state index contributed by atoms with van der Waals surface area (Å²) in [6, 6.07) is 14.0. The molecule has 0 bridgehead atoms. The summed E-state index contributed by atoms with van der Waals surface area (Å²) in [4.78, 5) is 10.6. The highest BCUT2D eigenvalue weighted by Crippen LogP contribution is 2.46. The molecule has 2 unspecified atom stereocenters. The van der Waals surface area contributed by atoms with E-state index in [2.05, 4.69) is 6.92 Å². The van der Waals surface area contributed by atoms with Gasteiger partial charge >= 0.3 is 5.97 Å². The van der Waals surface area contributed by atoms with E-state index in [1.165, 1.54) is 12.1 Å². The third-order valence-electron chi connectivity index (χ3n) is 6.04. The Morgan fingerprint density at radius 1 is 1.17 bits per heavy atom. The van der Waals surface area contributed by atoms with Crippen LogP contribution in [0.2, 0.25) is 0 Å². The normalized spacial score (nSPS) is 23.8. The van der Waals surface area contributed by atoms with Crippen LogP contribution in [0, 0.1) is 11.2 Å². The van der Waals surface area contributed by atoms with Crippen molar-refractivity contribution in [3.63, 3.8) is 0 Å². The molecule has 0 amide bonds. The molecule has 2 aromatic rings. The van der Waals surface area contributed by atoms with Gasteiger partial charge in [-0.15, -0.1) is 0 Å². The van der Waals surface area contributed by atoms with Crippen LogP contribution in [0.15, 0.2) is 48.5 Å². The van der Waals surface area contributed by atoms with Crippen molar-refractivity contribution in [3.05, 3.63) is 59.9 Å². The summed E-state index contributed by atoms with van der Waals surface area (Å²) in [5, 5.41) is 8.71. The van der Waals surface area contributed by atoms with Gasteiger partial charge in [-0.05, 0) is 67.9 Å². The molecule has 1 fully saturated rings. The average Bonchev–Trinajstić information content (AvgIpc) is 2.73. The quantitative estimate of drug-likeness (QED) is 0.545. The van der Waals surface area contributed by atoms with Crippen LogP contribution in [0.25, 0.3) is 0 Å². The van der Waals surface area contributed by atoms with Gasteiger partial charge in [-0.1, -0.05) is 25.1 Å². The minimum atomic E-state index is -0.965. The zero-order valence-corrected chi connectivity index (χ0v) is 17.5. The Hall–Kier alpha value is -2.44. The van der Waals surface area contributed by atoms with Crippen molar-refractivity contribution in [2.75, 3.05) is 19.8 Å². The zero-order valence-electron chi connectivity index (χ0n) is 17.5. The van der Waals surface area contributed by atoms with E-state index in [-0.39, 0.29) is 17.8 Å². The lowest BCUT2D eigenvalue weighted by Gasteiger charge is -2.45. The number of aliphatic carboxylic acids is 1. The molecule has 1 aliphatic heterocycles. The fraction of sp³-hybridized carbons (Fsp3) is 0.458. The molecular weight excluding hydrogens is 387 g/mol. The van der Waals surface area contributed by atoms with Gasteiger partial charge in [-0.3, -0.25) is 0 Å². The molecule has 1 aliphatic rings. The Morgan fingerprint density at radius 3 is 2.57 bits per heavy atom. The molecule has 1 heterocycles. The van der Waals surface area contributed by atoms with E-state index in [0.717, 1.165) is 31.2 Å². The maximum Gasteiger partial charge on any atom is 0.329 e. The third kappa shape index (κ3) is 5.58. The molecule has 2 atom stereocenters. The molecule has 5 nitrogen and oxygen atoms in total. The van der Waals surface area contributed by atoms with Crippen LogP contribution in [0.1, 0.15) is 45.1 Å². The standard InChI is InChI=1S/C24H29FO5/c1-3-24(11-12-28-16-22(26)27)10-9-23(2,29-17-24)18-13-19(25)15-21(14-18)30-20-7-5-4-6-8-20/h4-8,13-15H,3,9-12,16-17H2,1-2H3,(H,26,27). The Kier molecular flexibility index (Phi) is 7.10. The Balaban J connectivity index is 1.68. The number of carbonyl (C=O) groups is 1. The van der Waals surface area contributed by atoms with Gasteiger partial charge in [0.05, 0.1) is 12.2 Å². The van der Waals surface area contributed by atoms with Gasteiger partial charge in [0.2, 0.25) is 0 Å². The Bertz CT molecular complexity index is 844. The highest BCUT2D eigenvalue weighted by atomic mass is 19.1. The number of halogens is 1. The molecule has 0 spiro atoms. The van der Waals surface area contributed by atoms with Gasteiger partial charge in [0.25, 0.3) is 0 Å². The van der Waals surface area contributed by atoms with E-state index in [1.54, 1.807) is 0 Å². The van der Waals surface area contributed by atoms with Crippen molar-refractivity contribution >= 4 is 5.97 Å². The number of benzene rings is 2. The molecule has 1 saturated heterocycles. The summed E-state index contributed by atoms with van der Waals surface area (Å²) in [6.07, 6.45) is 3.26. The lowest BCUT2D eigenvalue weighted by Crippen LogP contribution is -2.41. The van der Waals surface area contributed by atoms with E-state index in [9.17, 15) is 9.18 Å². The first-order valence-electron chi connectivity index (χ1n) is 10.3. The number of ether oxygens (including phenoxy) is 3. The van der Waals surface area contributed by atoms with Gasteiger partial charge in [0.15, 0.2) is 0 Å². The lowest BCUT2D eigenvalue weighted by atomic mass is 9.72. The Labute approximate surface area is 176 Å². The van der Waals surface area contributed by atoms with Crippen LogP contribution in [-0.2, 0) is 19.9 Å². The largest absolute Gasteiger partial charge is 0.480 e. The van der Waals surface area contributed by atoms with E-state index < -0.39 is 11.6 Å². The third-order valence-corrected chi connectivity index (χ3v) is 6.04. The number of para-hydroxylation sites is 1. The lowest BCUT2D eigenvalue weighted by molar-refractivity contribution is -0.146. The van der Waals surface area contributed by atoms with Crippen molar-refractivity contribution in [2.24, 2.45) is 5.41 Å². The number of carboxylic acids is 1. The van der Waals surface area contributed by atoms with Crippen LogP contribution in [0.5, 0.6) is 11.5 Å². The van der Waals surface area contributed by atoms with Crippen LogP contribution in [-0.4, -0.2) is 30.9 Å². The fourth-order valence-electron chi connectivity index (χ4n) is 3.84. The van der Waals surface area contributed by atoms with Gasteiger partial charge in [-0.25, -0.2) is 9.18 Å². The molecule has 0 saturated carbocycles. The highest BCUT2D eigenvalue weighted by Gasteiger charge is 2.41. The topological polar surface area (TPSA) is 65.0 Å². The van der Waals surface area contributed by atoms with E-state index in [0.29, 0.717) is 24.7 Å². The van der Waals surface area contributed by atoms with Gasteiger partial charge in [-0.2, -0.15) is 0 Å². The van der Waals surface area contributed by atoms with Crippen molar-refractivity contribution in [2.45, 2.75) is 45.1 Å². The van der Waals surface area contributed by atoms with Gasteiger partial charge < -0.3 is 19.3 Å². The molecule has 162 valence electrons. The molecule has 0 radical (unpaired) electrons. The van der Waals surface area contributed by atoms with Crippen molar-refractivity contribution in [3.8, 4) is 11.5 Å². The molecule has 0 aromatic heterocycles. The summed E-state index contributed by atoms with van der Waals surface area (Å²) in [5.41, 5.74) is 0.0758. The van der Waals surface area contributed by atoms with E-state index in [1.807, 2.05) is 43.3 Å². The second-order valence-electron chi connectivity index (χ2n) is 8.16. The van der Waals surface area contributed by atoms with Crippen LogP contribution >= 0.6 is 0 Å². The summed E-state index contributed by atoms with van der Waals surface area (Å²) < 4.78 is 31.7. The summed E-state index contributed by atoms with van der Waals surface area (Å²) in [7, 11) is 0. The monoisotopic (exact) mass is 416 g/mol. The number of hydrogen-bond donors (Lipinski definition) is 1. The minimum absolute atomic E-state index is 0.0608. The summed E-state index contributed by atoms with van der Waals surface area (Å²) in [5.74, 6) is -0.240. The Morgan fingerprint density at radius 2 is 1.93 bits per heavy atom. The highest BCUT2D eigenvalue weighted by molar-refractivity contribution is 5.67. The van der Waals surface area contributed by atoms with Crippen LogP contribution < -0.4 is 4.74 Å². The SMILES string of the molecule is CCC1(CCOCC(=O)O)CCC(C)(c2cc(F)cc(Oc3ccccc3)c2)OC1. The molecule has 6 heteroatoms. The van der Waals surface area contributed by atoms with Crippen LogP contribution in [0.4, 0.5) is 4.39 Å². The first-order chi connectivity index (χ1) is 14.3. The predicted octanol–water partition coefficient (Wildman–Crippen LogP) is 5.53. The van der Waals surface area contributed by atoms with Crippen molar-refractivity contribution in [1.29, 1.82) is 0 Å². The maximum absolute atomic E-state index is 14.3. The molecular formula is C24H29FO5. The number of hydrogen-bond acceptors (Lipinski definition) is 4. The zero-order chi connectivity index (χ0) is 21.6. The molecule has 0 aliphatic carbocycles. The summed E-state index contributed by atoms with van der Waals surface area (Å²) >= 11 is 0. The van der Waals surface area contributed by atoms with E-state index >= 15 is 0 Å². The number of rotatable bonds is 9. The molecule has 30 heavy (non-hydrogen) atoms.